The summed E-state index contributed by atoms with van der Waals surface area (Å²) in [6.07, 6.45) is 5.68. The lowest BCUT2D eigenvalue weighted by atomic mass is 10.1. The summed E-state index contributed by atoms with van der Waals surface area (Å²) in [5.41, 5.74) is 1.75. The van der Waals surface area contributed by atoms with Crippen molar-refractivity contribution in [1.82, 2.24) is 4.90 Å². The van der Waals surface area contributed by atoms with Crippen LogP contribution in [0.3, 0.4) is 0 Å². The molecule has 0 fully saturated rings. The van der Waals surface area contributed by atoms with Crippen molar-refractivity contribution in [2.75, 3.05) is 16.9 Å². The van der Waals surface area contributed by atoms with Crippen molar-refractivity contribution in [2.45, 2.75) is 64.0 Å². The number of ketones is 1. The fourth-order valence-corrected chi connectivity index (χ4v) is 10.2. The second-order valence-electron chi connectivity index (χ2n) is 13.9. The van der Waals surface area contributed by atoms with Gasteiger partial charge in [0.25, 0.3) is 26.0 Å². The van der Waals surface area contributed by atoms with Gasteiger partial charge in [-0.2, -0.15) is 3.71 Å². The maximum Gasteiger partial charge on any atom is 0.343 e. The Morgan fingerprint density at radius 2 is 1.09 bits per heavy atom. The number of amides is 1. The van der Waals surface area contributed by atoms with Gasteiger partial charge in [0.1, 0.15) is 17.3 Å². The summed E-state index contributed by atoms with van der Waals surface area (Å²) in [6.45, 7) is 3.95. The zero-order chi connectivity index (χ0) is 41.5. The molecule has 58 heavy (non-hydrogen) atoms. The Labute approximate surface area is 341 Å². The molecule has 5 rings (SSSR count). The number of hydrogen-bond donors (Lipinski definition) is 0. The second kappa shape index (κ2) is 20.6. The van der Waals surface area contributed by atoms with E-state index >= 15 is 0 Å². The molecule has 0 spiro atoms. The van der Waals surface area contributed by atoms with Crippen LogP contribution in [0.2, 0.25) is 0 Å². The lowest BCUT2D eigenvalue weighted by Gasteiger charge is -2.25. The van der Waals surface area contributed by atoms with Crippen molar-refractivity contribution in [2.24, 2.45) is 0 Å². The molecule has 0 N–H and O–H groups in total. The molecule has 304 valence electrons. The Morgan fingerprint density at radius 1 is 0.569 bits per heavy atom. The molecule has 0 saturated heterocycles. The number of ether oxygens (including phenoxy) is 2. The summed E-state index contributed by atoms with van der Waals surface area (Å²) < 4.78 is 67.1. The first kappa shape index (κ1) is 43.3. The summed E-state index contributed by atoms with van der Waals surface area (Å²) in [5.74, 6) is -1.54. The van der Waals surface area contributed by atoms with Crippen LogP contribution in [0.1, 0.15) is 83.4 Å². The summed E-state index contributed by atoms with van der Waals surface area (Å²) in [4.78, 5) is 40.2. The van der Waals surface area contributed by atoms with Crippen LogP contribution in [-0.2, 0) is 42.9 Å². The van der Waals surface area contributed by atoms with E-state index in [-0.39, 0.29) is 35.9 Å². The quantitative estimate of drug-likeness (QED) is 0.0405. The zero-order valence-corrected chi connectivity index (χ0v) is 34.3. The molecule has 13 heteroatoms. The molecule has 0 aromatic heterocycles. The molecule has 0 radical (unpaired) electrons. The number of nitrogens with zero attached hydrogens (tertiary/aromatic N) is 2. The van der Waals surface area contributed by atoms with Gasteiger partial charge in [0.05, 0.1) is 35.9 Å². The fraction of sp³-hybridized carbons (Fsp3) is 0.267. The van der Waals surface area contributed by atoms with Crippen LogP contribution in [0, 0.1) is 0 Å². The predicted octanol–water partition coefficient (Wildman–Crippen LogP) is 8.35. The van der Waals surface area contributed by atoms with E-state index in [0.29, 0.717) is 38.3 Å². The molecule has 0 aliphatic heterocycles. The van der Waals surface area contributed by atoms with Crippen molar-refractivity contribution >= 4 is 43.4 Å². The molecule has 5 aromatic rings. The second-order valence-corrected chi connectivity index (χ2v) is 17.8. The minimum Gasteiger partial charge on any atom is -0.494 e. The molecule has 5 aromatic carbocycles. The topological polar surface area (TPSA) is 144 Å². The normalized spacial score (nSPS) is 11.4. The van der Waals surface area contributed by atoms with Gasteiger partial charge in [-0.3, -0.25) is 9.59 Å². The van der Waals surface area contributed by atoms with Crippen molar-refractivity contribution in [3.05, 3.63) is 161 Å². The molecule has 0 saturated carbocycles. The smallest absolute Gasteiger partial charge is 0.343 e. The van der Waals surface area contributed by atoms with Crippen LogP contribution >= 0.6 is 0 Å². The van der Waals surface area contributed by atoms with Gasteiger partial charge in [0, 0.05) is 12.1 Å². The molecule has 0 heterocycles. The van der Waals surface area contributed by atoms with E-state index in [0.717, 1.165) is 12.8 Å². The summed E-state index contributed by atoms with van der Waals surface area (Å²) >= 11 is 0. The number of Topliss-reactive ketones (excluding diaryl/α,β-unsaturated/α-hetero) is 1. The highest BCUT2D eigenvalue weighted by Gasteiger charge is 2.35. The lowest BCUT2D eigenvalue weighted by Crippen LogP contribution is -2.38. The number of carbonyl (C=O) groups excluding carboxylic acids is 3. The molecule has 1 amide bonds. The van der Waals surface area contributed by atoms with Crippen molar-refractivity contribution in [1.29, 1.82) is 0 Å². The van der Waals surface area contributed by atoms with Gasteiger partial charge in [-0.15, -0.1) is 0 Å². The number of unbranched alkanes of at least 4 members (excludes halogenated alkanes) is 4. The number of sulfonamides is 2. The Kier molecular flexibility index (Phi) is 15.4. The summed E-state index contributed by atoms with van der Waals surface area (Å²) in [6, 6.07) is 35.0. The maximum atomic E-state index is 13.8. The molecule has 0 bridgehead atoms. The zero-order valence-electron chi connectivity index (χ0n) is 32.7. The number of carbonyl (C=O) groups is 3. The van der Waals surface area contributed by atoms with Crippen LogP contribution in [0.25, 0.3) is 0 Å². The highest BCUT2D eigenvalue weighted by molar-refractivity contribution is 8.09. The van der Waals surface area contributed by atoms with Crippen molar-refractivity contribution < 1.29 is 40.7 Å². The standard InChI is InChI=1S/C45H48N2O9S2/c1-3-4-5-6-13-30-55-42-28-22-40(23-29-42)45(50)56-43-26-18-36(19-27-43)32-46(31-35(2)48)44(49)39-20-24-41(25-21-39)47(57(51,52)33-37-14-9-7-10-15-37)58(53,54)34-38-16-11-8-12-17-38/h7-12,14-29H,3-6,13,30-34H2,1-2H3. The van der Waals surface area contributed by atoms with Crippen LogP contribution < -0.4 is 13.2 Å². The molecule has 0 atom stereocenters. The van der Waals surface area contributed by atoms with E-state index in [9.17, 15) is 31.2 Å². The van der Waals surface area contributed by atoms with Crippen molar-refractivity contribution in [3.8, 4) is 11.5 Å². The molecule has 0 aliphatic carbocycles. The average Bonchev–Trinajstić information content (AvgIpc) is 3.20. The minimum atomic E-state index is -4.48. The Bertz CT molecular complexity index is 2260. The molecule has 0 unspecified atom stereocenters. The summed E-state index contributed by atoms with van der Waals surface area (Å²) in [5, 5.41) is 0. The number of rotatable bonds is 21. The number of anilines is 1. The van der Waals surface area contributed by atoms with Gasteiger partial charge >= 0.3 is 5.97 Å². The average molecular weight is 825 g/mol. The highest BCUT2D eigenvalue weighted by Crippen LogP contribution is 2.28. The Balaban J connectivity index is 1.27. The first-order chi connectivity index (χ1) is 27.8. The van der Waals surface area contributed by atoms with E-state index in [2.05, 4.69) is 6.92 Å². The predicted molar refractivity (Wildman–Crippen MR) is 225 cm³/mol. The van der Waals surface area contributed by atoms with E-state index < -0.39 is 43.4 Å². The SMILES string of the molecule is CCCCCCCOc1ccc(C(=O)Oc2ccc(CN(CC(C)=O)C(=O)c3ccc(N(S(=O)(=O)Cc4ccccc4)S(=O)(=O)Cc4ccccc4)cc3)cc2)cc1. The fourth-order valence-electron chi connectivity index (χ4n) is 6.19. The van der Waals surface area contributed by atoms with Crippen molar-refractivity contribution in [3.63, 3.8) is 0 Å². The van der Waals surface area contributed by atoms with Crippen LogP contribution in [-0.4, -0.2) is 52.5 Å². The van der Waals surface area contributed by atoms with E-state index in [1.54, 1.807) is 109 Å². The molecule has 11 nitrogen and oxygen atoms in total. The maximum absolute atomic E-state index is 13.8. The van der Waals surface area contributed by atoms with E-state index in [1.165, 1.54) is 55.4 Å². The third-order valence-electron chi connectivity index (χ3n) is 9.03. The summed E-state index contributed by atoms with van der Waals surface area (Å²) in [7, 11) is -8.96. The monoisotopic (exact) mass is 824 g/mol. The largest absolute Gasteiger partial charge is 0.494 e. The number of esters is 1. The van der Waals surface area contributed by atoms with Gasteiger partial charge in [0.2, 0.25) is 0 Å². The third-order valence-corrected chi connectivity index (χ3v) is 13.2. The van der Waals surface area contributed by atoms with Gasteiger partial charge in [-0.05, 0) is 90.7 Å². The number of benzene rings is 5. The van der Waals surface area contributed by atoms with Gasteiger partial charge in [-0.25, -0.2) is 21.6 Å². The van der Waals surface area contributed by atoms with Crippen LogP contribution in [0.4, 0.5) is 5.69 Å². The van der Waals surface area contributed by atoms with Crippen LogP contribution in [0.15, 0.2) is 133 Å². The Morgan fingerprint density at radius 3 is 1.62 bits per heavy atom. The van der Waals surface area contributed by atoms with E-state index in [4.69, 9.17) is 9.47 Å². The minimum absolute atomic E-state index is 0.0253. The highest BCUT2D eigenvalue weighted by atomic mass is 32.3. The van der Waals surface area contributed by atoms with Crippen LogP contribution in [0.5, 0.6) is 11.5 Å². The first-order valence-corrected chi connectivity index (χ1v) is 22.3. The number of hydrogen-bond acceptors (Lipinski definition) is 9. The van der Waals surface area contributed by atoms with Gasteiger partial charge < -0.3 is 14.4 Å². The third kappa shape index (κ3) is 12.6. The Hall–Kier alpha value is -5.79. The van der Waals surface area contributed by atoms with Gasteiger partial charge in [0.15, 0.2) is 0 Å². The van der Waals surface area contributed by atoms with Gasteiger partial charge in [-0.1, -0.05) is 105 Å². The molecule has 0 aliphatic rings. The van der Waals surface area contributed by atoms with E-state index in [1.807, 2.05) is 0 Å². The lowest BCUT2D eigenvalue weighted by molar-refractivity contribution is -0.117. The molecular weight excluding hydrogens is 777 g/mol. The molecular formula is C45H48N2O9S2. The first-order valence-electron chi connectivity index (χ1n) is 19.1.